The first kappa shape index (κ1) is 24.0. The van der Waals surface area contributed by atoms with Crippen LogP contribution in [-0.2, 0) is 19.6 Å². The SMILES string of the molecule is [F][W][F].[N-]=O.[N-]=O.c1ccc2ncccc2c1.c1ccc2ncccc2c1. The molecule has 0 fully saturated rings. The minimum atomic E-state index is -2.75. The number of rotatable bonds is 0. The van der Waals surface area contributed by atoms with Crippen LogP contribution in [0, 0.1) is 9.81 Å². The summed E-state index contributed by atoms with van der Waals surface area (Å²) < 4.78 is 19.6. The van der Waals surface area contributed by atoms with E-state index in [-0.39, 0.29) is 0 Å². The van der Waals surface area contributed by atoms with Crippen LogP contribution in [0.3, 0.4) is 0 Å². The Labute approximate surface area is 164 Å². The Morgan fingerprint density at radius 2 is 0.889 bits per heavy atom. The van der Waals surface area contributed by atoms with Crippen molar-refractivity contribution in [1.82, 2.24) is 9.97 Å². The summed E-state index contributed by atoms with van der Waals surface area (Å²) in [6.45, 7) is 0. The fourth-order valence-corrected chi connectivity index (χ4v) is 2.03. The van der Waals surface area contributed by atoms with E-state index in [9.17, 15) is 6.32 Å². The van der Waals surface area contributed by atoms with Crippen molar-refractivity contribution >= 4 is 21.8 Å². The van der Waals surface area contributed by atoms with Gasteiger partial charge in [0.05, 0.1) is 11.0 Å². The third kappa shape index (κ3) is 9.32. The van der Waals surface area contributed by atoms with E-state index in [1.54, 1.807) is 0 Å². The Bertz CT molecular complexity index is 698. The fourth-order valence-electron chi connectivity index (χ4n) is 2.03. The number of benzene rings is 2. The molecule has 0 atom stereocenters. The average molecular weight is 540 g/mol. The van der Waals surface area contributed by atoms with Gasteiger partial charge in [-0.25, -0.2) is 0 Å². The van der Waals surface area contributed by atoms with Gasteiger partial charge in [-0.15, -0.1) is 0 Å². The van der Waals surface area contributed by atoms with E-state index in [0.717, 1.165) is 11.0 Å². The molecule has 2 aromatic carbocycles. The van der Waals surface area contributed by atoms with Crippen LogP contribution in [0.5, 0.6) is 0 Å². The van der Waals surface area contributed by atoms with Gasteiger partial charge in [0.15, 0.2) is 0 Å². The summed E-state index contributed by atoms with van der Waals surface area (Å²) in [6, 6.07) is 24.2. The number of hydrogen-bond acceptors (Lipinski definition) is 4. The maximum atomic E-state index is 9.79. The van der Waals surface area contributed by atoms with Crippen molar-refractivity contribution in [3.8, 4) is 0 Å². The maximum absolute atomic E-state index is 9.79. The molecule has 0 saturated carbocycles. The van der Waals surface area contributed by atoms with Gasteiger partial charge in [-0.05, 0) is 24.3 Å². The number of fused-ring (bicyclic) bond motifs is 2. The summed E-state index contributed by atoms with van der Waals surface area (Å²) in [7, 11) is 0. The normalized spacial score (nSPS) is 8.37. The average Bonchev–Trinajstić information content (AvgIpc) is 2.78. The van der Waals surface area contributed by atoms with Crippen molar-refractivity contribution < 1.29 is 25.9 Å². The molecule has 2 aromatic heterocycles. The molecule has 27 heavy (non-hydrogen) atoms. The first-order valence-electron chi connectivity index (χ1n) is 7.20. The summed E-state index contributed by atoms with van der Waals surface area (Å²) in [6.07, 6.45) is 3.62. The molecule has 0 radical (unpaired) electrons. The second-order valence-corrected chi connectivity index (χ2v) is 4.87. The van der Waals surface area contributed by atoms with Crippen LogP contribution in [0.25, 0.3) is 33.0 Å². The molecule has 0 N–H and O–H groups in total. The van der Waals surface area contributed by atoms with Gasteiger partial charge in [-0.3, -0.25) is 9.97 Å². The smallest absolute Gasteiger partial charge is 0.0701 e. The van der Waals surface area contributed by atoms with Gasteiger partial charge in [0.1, 0.15) is 0 Å². The molecule has 0 aliphatic rings. The van der Waals surface area contributed by atoms with Gasteiger partial charge in [-0.2, -0.15) is 0 Å². The molecule has 140 valence electrons. The predicted molar refractivity (Wildman–Crippen MR) is 99.2 cm³/mol. The molecule has 9 heteroatoms. The third-order valence-corrected chi connectivity index (χ3v) is 3.02. The van der Waals surface area contributed by atoms with E-state index in [0.29, 0.717) is 0 Å². The Kier molecular flexibility index (Phi) is 14.6. The van der Waals surface area contributed by atoms with Crippen LogP contribution in [0.4, 0.5) is 6.32 Å². The van der Waals surface area contributed by atoms with Gasteiger partial charge in [-0.1, -0.05) is 48.5 Å². The molecule has 4 rings (SSSR count). The molecular weight excluding hydrogens is 526 g/mol. The number of halogens is 2. The molecule has 0 unspecified atom stereocenters. The van der Waals surface area contributed by atoms with Crippen LogP contribution in [0.1, 0.15) is 0 Å². The number of nitrogens with zero attached hydrogens (tertiary/aromatic N) is 4. The quantitative estimate of drug-likeness (QED) is 0.275. The molecule has 2 heterocycles. The monoisotopic (exact) mass is 540 g/mol. The molecule has 0 saturated heterocycles. The van der Waals surface area contributed by atoms with Crippen molar-refractivity contribution in [1.29, 1.82) is 0 Å². The zero-order chi connectivity index (χ0) is 20.3. The van der Waals surface area contributed by atoms with Gasteiger partial charge in [0, 0.05) is 23.2 Å². The topological polar surface area (TPSA) is 105 Å². The molecule has 0 spiro atoms. The Morgan fingerprint density at radius 3 is 1.22 bits per heavy atom. The van der Waals surface area contributed by atoms with E-state index in [1.807, 2.05) is 60.9 Å². The maximum Gasteiger partial charge on any atom is 0.0701 e. The van der Waals surface area contributed by atoms with Crippen molar-refractivity contribution in [3.05, 3.63) is 106 Å². The van der Waals surface area contributed by atoms with Gasteiger partial charge in [0.25, 0.3) is 0 Å². The van der Waals surface area contributed by atoms with Crippen molar-refractivity contribution in [2.45, 2.75) is 0 Å². The zero-order valence-electron chi connectivity index (χ0n) is 13.9. The van der Waals surface area contributed by atoms with E-state index in [1.165, 1.54) is 10.8 Å². The fraction of sp³-hybridized carbons (Fsp3) is 0. The van der Waals surface area contributed by atoms with Crippen LogP contribution in [-0.4, -0.2) is 9.97 Å². The Morgan fingerprint density at radius 1 is 0.593 bits per heavy atom. The number of nitroso groups, excluding NO2 is 2. The first-order chi connectivity index (χ1) is 13.3. The minimum Gasteiger partial charge on any atom is -0.577 e. The van der Waals surface area contributed by atoms with Crippen molar-refractivity contribution in [3.63, 3.8) is 0 Å². The summed E-state index contributed by atoms with van der Waals surface area (Å²) >= 11 is -2.75. The summed E-state index contributed by atoms with van der Waals surface area (Å²) in [5.41, 5.74) is 13.6. The van der Waals surface area contributed by atoms with Gasteiger partial charge >= 0.3 is 25.9 Å². The molecule has 0 aliphatic heterocycles. The number of hydrogen-bond donors (Lipinski definition) is 0. The second kappa shape index (κ2) is 16.5. The van der Waals surface area contributed by atoms with Crippen LogP contribution >= 0.6 is 0 Å². The van der Waals surface area contributed by atoms with E-state index < -0.39 is 19.6 Å². The van der Waals surface area contributed by atoms with Crippen LogP contribution in [0.15, 0.2) is 85.2 Å². The zero-order valence-corrected chi connectivity index (χ0v) is 16.8. The Hall–Kier alpha value is -2.99. The number of para-hydroxylation sites is 2. The molecule has 0 amide bonds. The second-order valence-electron chi connectivity index (χ2n) is 4.45. The van der Waals surface area contributed by atoms with E-state index in [2.05, 4.69) is 34.2 Å². The summed E-state index contributed by atoms with van der Waals surface area (Å²) in [4.78, 5) is 22.9. The van der Waals surface area contributed by atoms with Crippen LogP contribution < -0.4 is 0 Å². The molecule has 6 nitrogen and oxygen atoms in total. The first-order valence-corrected chi connectivity index (χ1v) is 9.42. The molecular formula is C18H14F2N4O2W-2. The Balaban J connectivity index is 0.000000379. The third-order valence-electron chi connectivity index (χ3n) is 3.02. The van der Waals surface area contributed by atoms with E-state index >= 15 is 0 Å². The molecule has 0 bridgehead atoms. The number of pyridine rings is 2. The van der Waals surface area contributed by atoms with Gasteiger partial charge in [0.2, 0.25) is 0 Å². The van der Waals surface area contributed by atoms with Crippen molar-refractivity contribution in [2.24, 2.45) is 0 Å². The molecule has 4 aromatic rings. The largest absolute Gasteiger partial charge is 0.577 e. The molecule has 0 aliphatic carbocycles. The summed E-state index contributed by atoms with van der Waals surface area (Å²) in [5.74, 6) is 0. The minimum absolute atomic E-state index is 1.06. The van der Waals surface area contributed by atoms with Crippen LogP contribution in [0.2, 0.25) is 0 Å². The standard InChI is InChI=1S/2C9H7N.2FH.2NO.W/c2*1-2-6-9-8(4-1)5-3-7-10-9;;;2*1-2;/h2*1-7H;2*1H;;;/q;;;;2*-1;+2/p-2. The van der Waals surface area contributed by atoms with Crippen molar-refractivity contribution in [2.75, 3.05) is 0 Å². The van der Waals surface area contributed by atoms with Gasteiger partial charge < -0.3 is 21.0 Å². The number of aromatic nitrogens is 2. The predicted octanol–water partition coefficient (Wildman–Crippen LogP) is 5.95. The van der Waals surface area contributed by atoms with E-state index in [4.69, 9.17) is 21.0 Å². The summed E-state index contributed by atoms with van der Waals surface area (Å²) in [5, 5.41) is 2.40.